The molecular weight excluding hydrogens is 280 g/mol. The largest absolute Gasteiger partial charge is 0.384 e. The molecule has 0 atom stereocenters. The van der Waals surface area contributed by atoms with Gasteiger partial charge in [-0.05, 0) is 46.1 Å². The Hall–Kier alpha value is -1.96. The summed E-state index contributed by atoms with van der Waals surface area (Å²) in [5.74, 6) is 0. The van der Waals surface area contributed by atoms with E-state index >= 15 is 0 Å². The van der Waals surface area contributed by atoms with Gasteiger partial charge in [0, 0.05) is 20.6 Å². The summed E-state index contributed by atoms with van der Waals surface area (Å²) in [6, 6.07) is 0. The van der Waals surface area contributed by atoms with Crippen LogP contribution in [0, 0.1) is 0 Å². The van der Waals surface area contributed by atoms with Gasteiger partial charge >= 0.3 is 0 Å². The summed E-state index contributed by atoms with van der Waals surface area (Å²) in [4.78, 5) is 2.07. The predicted octanol–water partition coefficient (Wildman–Crippen LogP) is 5.36. The molecule has 0 aromatic rings. The van der Waals surface area contributed by atoms with E-state index < -0.39 is 0 Å². The highest BCUT2D eigenvalue weighted by atomic mass is 15.1. The molecule has 0 amide bonds. The summed E-state index contributed by atoms with van der Waals surface area (Å²) in [5.41, 5.74) is 6.80. The van der Waals surface area contributed by atoms with Crippen LogP contribution in [0.15, 0.2) is 71.7 Å². The second-order valence-electron chi connectivity index (χ2n) is 6.35. The summed E-state index contributed by atoms with van der Waals surface area (Å²) in [6.45, 7) is 21.4. The maximum absolute atomic E-state index is 4.15. The number of nitrogens with one attached hydrogen (secondary N) is 1. The molecule has 23 heavy (non-hydrogen) atoms. The summed E-state index contributed by atoms with van der Waals surface area (Å²) < 4.78 is 0. The van der Waals surface area contributed by atoms with Gasteiger partial charge in [0.15, 0.2) is 0 Å². The SMILES string of the molecule is C=C(C)C(=C)C/C=C(/C(=C)NCC/C=C\C(C)=C(C)C)N(C)C. The summed E-state index contributed by atoms with van der Waals surface area (Å²) in [5, 5.41) is 3.40. The van der Waals surface area contributed by atoms with Crippen molar-refractivity contribution >= 4 is 0 Å². The summed E-state index contributed by atoms with van der Waals surface area (Å²) >= 11 is 0. The van der Waals surface area contributed by atoms with Crippen molar-refractivity contribution in [2.45, 2.75) is 40.5 Å². The molecule has 0 bridgehead atoms. The molecule has 0 unspecified atom stereocenters. The molecule has 0 heterocycles. The third kappa shape index (κ3) is 8.92. The van der Waals surface area contributed by atoms with Crippen LogP contribution >= 0.6 is 0 Å². The fourth-order valence-electron chi connectivity index (χ4n) is 1.79. The van der Waals surface area contributed by atoms with E-state index in [1.807, 2.05) is 21.0 Å². The zero-order chi connectivity index (χ0) is 18.0. The van der Waals surface area contributed by atoms with Crippen LogP contribution in [0.1, 0.15) is 40.5 Å². The predicted molar refractivity (Wildman–Crippen MR) is 105 cm³/mol. The van der Waals surface area contributed by atoms with Gasteiger partial charge in [0.2, 0.25) is 0 Å². The number of hydrogen-bond acceptors (Lipinski definition) is 2. The quantitative estimate of drug-likeness (QED) is 0.431. The van der Waals surface area contributed by atoms with Gasteiger partial charge in [-0.2, -0.15) is 0 Å². The van der Waals surface area contributed by atoms with E-state index in [4.69, 9.17) is 0 Å². The van der Waals surface area contributed by atoms with Gasteiger partial charge in [0.1, 0.15) is 0 Å². The molecule has 0 aliphatic rings. The van der Waals surface area contributed by atoms with Crippen LogP contribution < -0.4 is 5.32 Å². The normalized spacial score (nSPS) is 11.3. The van der Waals surface area contributed by atoms with Crippen molar-refractivity contribution in [1.29, 1.82) is 0 Å². The monoisotopic (exact) mass is 314 g/mol. The van der Waals surface area contributed by atoms with Crippen LogP contribution in [0.4, 0.5) is 0 Å². The summed E-state index contributed by atoms with van der Waals surface area (Å²) in [6.07, 6.45) is 8.30. The molecule has 0 spiro atoms. The number of likely N-dealkylation sites (N-methyl/N-ethyl adjacent to an activating group) is 1. The number of hydrogen-bond donors (Lipinski definition) is 1. The molecule has 0 rings (SSSR count). The van der Waals surface area contributed by atoms with Crippen LogP contribution in [0.2, 0.25) is 0 Å². The third-order valence-electron chi connectivity index (χ3n) is 3.74. The number of rotatable bonds is 10. The Morgan fingerprint density at radius 2 is 1.65 bits per heavy atom. The van der Waals surface area contributed by atoms with Gasteiger partial charge in [-0.15, -0.1) is 0 Å². The van der Waals surface area contributed by atoms with Crippen molar-refractivity contribution in [3.05, 3.63) is 71.7 Å². The maximum Gasteiger partial charge on any atom is 0.0553 e. The van der Waals surface area contributed by atoms with Crippen molar-refractivity contribution in [3.63, 3.8) is 0 Å². The lowest BCUT2D eigenvalue weighted by molar-refractivity contribution is 0.508. The fraction of sp³-hybridized carbons (Fsp3) is 0.429. The van der Waals surface area contributed by atoms with E-state index in [0.717, 1.165) is 41.9 Å². The van der Waals surface area contributed by atoms with Gasteiger partial charge in [0.25, 0.3) is 0 Å². The van der Waals surface area contributed by atoms with Gasteiger partial charge in [0.05, 0.1) is 11.4 Å². The molecule has 2 nitrogen and oxygen atoms in total. The van der Waals surface area contributed by atoms with Crippen molar-refractivity contribution in [2.75, 3.05) is 20.6 Å². The Morgan fingerprint density at radius 1 is 1.04 bits per heavy atom. The van der Waals surface area contributed by atoms with Gasteiger partial charge < -0.3 is 10.2 Å². The molecule has 0 aliphatic heterocycles. The van der Waals surface area contributed by atoms with Crippen LogP contribution in [-0.2, 0) is 0 Å². The average molecular weight is 315 g/mol. The Bertz CT molecular complexity index is 524. The molecular formula is C21H34N2. The standard InChI is InChI=1S/C21H34N2/c1-16(2)18(5)12-10-11-15-22-20(7)21(23(8)9)14-13-19(6)17(3)4/h10,12,14,22H,3,6-7,11,13,15H2,1-2,4-5,8-9H3/b12-10-,21-14-. The van der Waals surface area contributed by atoms with Crippen LogP contribution in [-0.4, -0.2) is 25.5 Å². The Morgan fingerprint density at radius 3 is 2.13 bits per heavy atom. The van der Waals surface area contributed by atoms with Crippen LogP contribution in [0.3, 0.4) is 0 Å². The third-order valence-corrected chi connectivity index (χ3v) is 3.74. The Labute approximate surface area is 143 Å². The molecule has 0 aromatic heterocycles. The zero-order valence-corrected chi connectivity index (χ0v) is 15.9. The highest BCUT2D eigenvalue weighted by Gasteiger charge is 2.05. The second-order valence-corrected chi connectivity index (χ2v) is 6.35. The first-order chi connectivity index (χ1) is 10.7. The molecule has 0 saturated heterocycles. The summed E-state index contributed by atoms with van der Waals surface area (Å²) in [7, 11) is 4.06. The molecule has 2 heteroatoms. The minimum Gasteiger partial charge on any atom is -0.384 e. The first-order valence-electron chi connectivity index (χ1n) is 8.11. The van der Waals surface area contributed by atoms with E-state index in [-0.39, 0.29) is 0 Å². The lowest BCUT2D eigenvalue weighted by atomic mass is 10.1. The van der Waals surface area contributed by atoms with E-state index in [1.165, 1.54) is 11.1 Å². The highest BCUT2D eigenvalue weighted by molar-refractivity contribution is 5.31. The molecule has 0 fully saturated rings. The van der Waals surface area contributed by atoms with Crippen molar-refractivity contribution < 1.29 is 0 Å². The van der Waals surface area contributed by atoms with Crippen molar-refractivity contribution in [1.82, 2.24) is 10.2 Å². The van der Waals surface area contributed by atoms with E-state index in [2.05, 4.69) is 69.0 Å². The Balaban J connectivity index is 4.54. The molecule has 0 aliphatic carbocycles. The lowest BCUT2D eigenvalue weighted by Gasteiger charge is -2.21. The minimum atomic E-state index is 0.795. The van der Waals surface area contributed by atoms with Crippen molar-refractivity contribution in [2.24, 2.45) is 0 Å². The minimum absolute atomic E-state index is 0.795. The molecule has 0 radical (unpaired) electrons. The zero-order valence-electron chi connectivity index (χ0n) is 15.9. The number of nitrogens with zero attached hydrogens (tertiary/aromatic N) is 1. The molecule has 1 N–H and O–H groups in total. The van der Waals surface area contributed by atoms with Crippen LogP contribution in [0.5, 0.6) is 0 Å². The van der Waals surface area contributed by atoms with Gasteiger partial charge in [-0.25, -0.2) is 0 Å². The molecule has 0 aromatic carbocycles. The van der Waals surface area contributed by atoms with E-state index in [0.29, 0.717) is 0 Å². The first kappa shape index (κ1) is 21.0. The second kappa shape index (κ2) is 10.7. The van der Waals surface area contributed by atoms with Crippen LogP contribution in [0.25, 0.3) is 0 Å². The average Bonchev–Trinajstić information content (AvgIpc) is 2.45. The Kier molecular flexibility index (Phi) is 9.80. The number of allylic oxidation sites excluding steroid dienone is 6. The van der Waals surface area contributed by atoms with Gasteiger partial charge in [-0.3, -0.25) is 0 Å². The smallest absolute Gasteiger partial charge is 0.0553 e. The fourth-order valence-corrected chi connectivity index (χ4v) is 1.79. The molecule has 0 saturated carbocycles. The highest BCUT2D eigenvalue weighted by Crippen LogP contribution is 2.15. The van der Waals surface area contributed by atoms with E-state index in [9.17, 15) is 0 Å². The lowest BCUT2D eigenvalue weighted by Crippen LogP contribution is -2.22. The van der Waals surface area contributed by atoms with Crippen molar-refractivity contribution in [3.8, 4) is 0 Å². The molecule has 128 valence electrons. The first-order valence-corrected chi connectivity index (χ1v) is 8.11. The topological polar surface area (TPSA) is 15.3 Å². The van der Waals surface area contributed by atoms with Gasteiger partial charge in [-0.1, -0.05) is 54.7 Å². The van der Waals surface area contributed by atoms with E-state index in [1.54, 1.807) is 0 Å². The maximum atomic E-state index is 4.15.